The van der Waals surface area contributed by atoms with Crippen molar-refractivity contribution in [3.05, 3.63) is 24.3 Å². The number of benzene rings is 1. The number of nitrogens with zero attached hydrogens (tertiary/aromatic N) is 1. The van der Waals surface area contributed by atoms with Crippen LogP contribution in [0, 0.1) is 5.92 Å². The third-order valence-electron chi connectivity index (χ3n) is 4.28. The summed E-state index contributed by atoms with van der Waals surface area (Å²) in [6.07, 6.45) is 4.50. The molecule has 1 saturated carbocycles. The smallest absolute Gasteiger partial charge is 0.226 e. The van der Waals surface area contributed by atoms with E-state index < -0.39 is 9.84 Å². The number of carbonyl (C=O) groups is 1. The molecule has 1 amide bonds. The number of aromatic amines is 1. The van der Waals surface area contributed by atoms with Crippen LogP contribution in [0.15, 0.2) is 29.4 Å². The zero-order valence-corrected chi connectivity index (χ0v) is 13.7. The predicted molar refractivity (Wildman–Crippen MR) is 87.7 cm³/mol. The number of imidazole rings is 1. The van der Waals surface area contributed by atoms with Crippen LogP contribution >= 0.6 is 0 Å². The van der Waals surface area contributed by atoms with Gasteiger partial charge in [0.1, 0.15) is 0 Å². The van der Waals surface area contributed by atoms with E-state index >= 15 is 0 Å². The number of hydrogen-bond donors (Lipinski definition) is 2. The second-order valence-corrected chi connectivity index (χ2v) is 8.03. The van der Waals surface area contributed by atoms with Crippen LogP contribution in [0.25, 0.3) is 11.0 Å². The number of para-hydroxylation sites is 2. The van der Waals surface area contributed by atoms with Gasteiger partial charge in [0.15, 0.2) is 0 Å². The molecule has 1 aromatic heterocycles. The number of H-pyrrole nitrogens is 1. The summed E-state index contributed by atoms with van der Waals surface area (Å²) in [6.45, 7) is 0.384. The number of hydrogen-bond acceptors (Lipinski definition) is 4. The van der Waals surface area contributed by atoms with Crippen LogP contribution in [-0.2, 0) is 14.6 Å². The van der Waals surface area contributed by atoms with Gasteiger partial charge in [0.05, 0.1) is 16.8 Å². The lowest BCUT2D eigenvalue weighted by molar-refractivity contribution is -0.124. The number of nitrogens with one attached hydrogen (secondary N) is 2. The lowest BCUT2D eigenvalue weighted by Gasteiger charge is -2.09. The van der Waals surface area contributed by atoms with Gasteiger partial charge in [-0.25, -0.2) is 13.4 Å². The molecule has 0 spiro atoms. The molecule has 3 rings (SSSR count). The fourth-order valence-electron chi connectivity index (χ4n) is 2.98. The molecule has 23 heavy (non-hydrogen) atoms. The van der Waals surface area contributed by atoms with Crippen LogP contribution in [0.3, 0.4) is 0 Å². The third-order valence-corrected chi connectivity index (χ3v) is 5.89. The van der Waals surface area contributed by atoms with Crippen molar-refractivity contribution in [3.8, 4) is 0 Å². The molecule has 1 aromatic carbocycles. The monoisotopic (exact) mass is 335 g/mol. The minimum Gasteiger partial charge on any atom is -0.356 e. The van der Waals surface area contributed by atoms with Gasteiger partial charge in [-0.1, -0.05) is 25.0 Å². The molecule has 0 saturated heterocycles. The normalized spacial score (nSPS) is 16.0. The van der Waals surface area contributed by atoms with E-state index in [2.05, 4.69) is 15.3 Å². The van der Waals surface area contributed by atoms with E-state index in [1.54, 1.807) is 12.1 Å². The highest BCUT2D eigenvalue weighted by Crippen LogP contribution is 2.24. The predicted octanol–water partition coefficient (Wildman–Crippen LogP) is 2.03. The SMILES string of the molecule is O=C(NCCCS(=O)(=O)c1nc2ccccc2[nH]1)C1CCCC1. The first-order valence-corrected chi connectivity index (χ1v) is 9.67. The number of carbonyl (C=O) groups excluding carboxylic acids is 1. The highest BCUT2D eigenvalue weighted by atomic mass is 32.2. The van der Waals surface area contributed by atoms with E-state index in [1.807, 2.05) is 12.1 Å². The summed E-state index contributed by atoms with van der Waals surface area (Å²) in [7, 11) is -3.46. The van der Waals surface area contributed by atoms with Gasteiger partial charge >= 0.3 is 0 Å². The molecule has 0 unspecified atom stereocenters. The van der Waals surface area contributed by atoms with Gasteiger partial charge in [-0.2, -0.15) is 0 Å². The Morgan fingerprint density at radius 3 is 2.74 bits per heavy atom. The van der Waals surface area contributed by atoms with Gasteiger partial charge in [-0.3, -0.25) is 4.79 Å². The van der Waals surface area contributed by atoms with Gasteiger partial charge in [0.25, 0.3) is 0 Å². The average Bonchev–Trinajstić information content (AvgIpc) is 3.20. The summed E-state index contributed by atoms with van der Waals surface area (Å²) in [5.41, 5.74) is 1.35. The van der Waals surface area contributed by atoms with Crippen LogP contribution in [-0.4, -0.2) is 36.6 Å². The van der Waals surface area contributed by atoms with Crippen molar-refractivity contribution in [2.45, 2.75) is 37.3 Å². The van der Waals surface area contributed by atoms with E-state index in [-0.39, 0.29) is 22.7 Å². The molecule has 1 aliphatic rings. The summed E-state index contributed by atoms with van der Waals surface area (Å²) >= 11 is 0. The zero-order chi connectivity index (χ0) is 16.3. The second kappa shape index (κ2) is 6.70. The van der Waals surface area contributed by atoms with Crippen LogP contribution in [0.5, 0.6) is 0 Å². The van der Waals surface area contributed by atoms with Crippen LogP contribution < -0.4 is 5.32 Å². The average molecular weight is 335 g/mol. The van der Waals surface area contributed by atoms with Crippen LogP contribution in [0.4, 0.5) is 0 Å². The highest BCUT2D eigenvalue weighted by Gasteiger charge is 2.23. The molecule has 0 atom stereocenters. The molecular weight excluding hydrogens is 314 g/mol. The van der Waals surface area contributed by atoms with E-state index in [0.29, 0.717) is 24.0 Å². The maximum absolute atomic E-state index is 12.3. The molecule has 6 nitrogen and oxygen atoms in total. The maximum Gasteiger partial charge on any atom is 0.226 e. The van der Waals surface area contributed by atoms with E-state index in [4.69, 9.17) is 0 Å². The number of amides is 1. The van der Waals surface area contributed by atoms with E-state index in [1.165, 1.54) is 0 Å². The Bertz CT molecular complexity index is 759. The quantitative estimate of drug-likeness (QED) is 0.790. The van der Waals surface area contributed by atoms with Crippen molar-refractivity contribution in [1.82, 2.24) is 15.3 Å². The van der Waals surface area contributed by atoms with E-state index in [0.717, 1.165) is 25.7 Å². The maximum atomic E-state index is 12.3. The topological polar surface area (TPSA) is 91.9 Å². The van der Waals surface area contributed by atoms with Crippen molar-refractivity contribution >= 4 is 26.8 Å². The largest absolute Gasteiger partial charge is 0.356 e. The van der Waals surface area contributed by atoms with Crippen LogP contribution in [0.1, 0.15) is 32.1 Å². The summed E-state index contributed by atoms with van der Waals surface area (Å²) in [5.74, 6) is 0.142. The summed E-state index contributed by atoms with van der Waals surface area (Å²) in [4.78, 5) is 18.9. The Morgan fingerprint density at radius 1 is 1.26 bits per heavy atom. The Hall–Kier alpha value is -1.89. The first kappa shape index (κ1) is 16.0. The second-order valence-electron chi connectivity index (χ2n) is 6.00. The van der Waals surface area contributed by atoms with Crippen molar-refractivity contribution in [3.63, 3.8) is 0 Å². The zero-order valence-electron chi connectivity index (χ0n) is 12.9. The highest BCUT2D eigenvalue weighted by molar-refractivity contribution is 7.91. The molecule has 124 valence electrons. The molecular formula is C16H21N3O3S. The lowest BCUT2D eigenvalue weighted by Crippen LogP contribution is -2.31. The van der Waals surface area contributed by atoms with Gasteiger partial charge < -0.3 is 10.3 Å². The first-order valence-electron chi connectivity index (χ1n) is 8.01. The molecule has 1 heterocycles. The van der Waals surface area contributed by atoms with E-state index in [9.17, 15) is 13.2 Å². The standard InChI is InChI=1S/C16H21N3O3S/c20-15(12-6-1-2-7-12)17-10-5-11-23(21,22)16-18-13-8-3-4-9-14(13)19-16/h3-4,8-9,12H,1-2,5-7,10-11H2,(H,17,20)(H,18,19). The summed E-state index contributed by atoms with van der Waals surface area (Å²) in [5, 5.41) is 2.84. The fourth-order valence-corrected chi connectivity index (χ4v) is 4.20. The molecule has 1 aliphatic carbocycles. The van der Waals surface area contributed by atoms with Crippen molar-refractivity contribution < 1.29 is 13.2 Å². The first-order chi connectivity index (χ1) is 11.1. The van der Waals surface area contributed by atoms with Crippen molar-refractivity contribution in [2.24, 2.45) is 5.92 Å². The summed E-state index contributed by atoms with van der Waals surface area (Å²) < 4.78 is 24.6. The molecule has 0 bridgehead atoms. The van der Waals surface area contributed by atoms with Gasteiger partial charge in [-0.05, 0) is 31.4 Å². The Kier molecular flexibility index (Phi) is 4.66. The summed E-state index contributed by atoms with van der Waals surface area (Å²) in [6, 6.07) is 7.21. The fraction of sp³-hybridized carbons (Fsp3) is 0.500. The molecule has 2 aromatic rings. The molecule has 2 N–H and O–H groups in total. The molecule has 0 aliphatic heterocycles. The number of rotatable bonds is 6. The third kappa shape index (κ3) is 3.72. The molecule has 0 radical (unpaired) electrons. The Labute approximate surface area is 135 Å². The van der Waals surface area contributed by atoms with Crippen molar-refractivity contribution in [1.29, 1.82) is 0 Å². The number of fused-ring (bicyclic) bond motifs is 1. The number of aromatic nitrogens is 2. The molecule has 1 fully saturated rings. The minimum atomic E-state index is -3.46. The molecule has 7 heteroatoms. The van der Waals surface area contributed by atoms with Gasteiger partial charge in [-0.15, -0.1) is 0 Å². The van der Waals surface area contributed by atoms with Gasteiger partial charge in [0, 0.05) is 12.5 Å². The van der Waals surface area contributed by atoms with Gasteiger partial charge in [0.2, 0.25) is 20.9 Å². The Balaban J connectivity index is 1.53. The van der Waals surface area contributed by atoms with Crippen molar-refractivity contribution in [2.75, 3.05) is 12.3 Å². The number of sulfone groups is 1. The Morgan fingerprint density at radius 2 is 2.00 bits per heavy atom. The van der Waals surface area contributed by atoms with Crippen LogP contribution in [0.2, 0.25) is 0 Å². The minimum absolute atomic E-state index is 0.000759. The lowest BCUT2D eigenvalue weighted by atomic mass is 10.1.